The number of rotatable bonds is 5. The fourth-order valence-electron chi connectivity index (χ4n) is 1.40. The number of amides is 2. The predicted octanol–water partition coefficient (Wildman–Crippen LogP) is 0.454. The molecule has 0 bridgehead atoms. The maximum absolute atomic E-state index is 11.6. The summed E-state index contributed by atoms with van der Waals surface area (Å²) >= 11 is 0. The fraction of sp³-hybridized carbons (Fsp3) is 0.385. The second kappa shape index (κ2) is 7.38. The highest BCUT2D eigenvalue weighted by Gasteiger charge is 2.13. The molecular formula is C13H19N3O3. The van der Waals surface area contributed by atoms with Crippen LogP contribution in [0.25, 0.3) is 0 Å². The Morgan fingerprint density at radius 3 is 2.63 bits per heavy atom. The van der Waals surface area contributed by atoms with Crippen LogP contribution in [0.3, 0.4) is 0 Å². The minimum Gasteiger partial charge on any atom is -0.383 e. The molecule has 0 unspecified atom stereocenters. The average Bonchev–Trinajstić information content (AvgIpc) is 2.39. The van der Waals surface area contributed by atoms with Gasteiger partial charge in [0.15, 0.2) is 0 Å². The molecule has 19 heavy (non-hydrogen) atoms. The van der Waals surface area contributed by atoms with Crippen molar-refractivity contribution in [2.24, 2.45) is 0 Å². The van der Waals surface area contributed by atoms with E-state index in [-0.39, 0.29) is 0 Å². The Balaban J connectivity index is 2.56. The van der Waals surface area contributed by atoms with Gasteiger partial charge in [-0.3, -0.25) is 9.59 Å². The van der Waals surface area contributed by atoms with E-state index in [1.807, 2.05) is 31.1 Å². The lowest BCUT2D eigenvalue weighted by Crippen LogP contribution is -2.37. The first-order valence-corrected chi connectivity index (χ1v) is 5.90. The van der Waals surface area contributed by atoms with E-state index < -0.39 is 11.8 Å². The van der Waals surface area contributed by atoms with Crippen molar-refractivity contribution >= 4 is 23.2 Å². The zero-order chi connectivity index (χ0) is 14.3. The SMILES string of the molecule is COCCNC(=O)C(=O)Nc1cccc(N(C)C)c1. The molecular weight excluding hydrogens is 246 g/mol. The minimum atomic E-state index is -0.688. The summed E-state index contributed by atoms with van der Waals surface area (Å²) in [4.78, 5) is 25.0. The van der Waals surface area contributed by atoms with Crippen LogP contribution in [-0.2, 0) is 14.3 Å². The van der Waals surface area contributed by atoms with Gasteiger partial charge in [0.25, 0.3) is 0 Å². The van der Waals surface area contributed by atoms with E-state index in [0.717, 1.165) is 5.69 Å². The highest BCUT2D eigenvalue weighted by molar-refractivity contribution is 6.39. The van der Waals surface area contributed by atoms with Crippen LogP contribution in [0.15, 0.2) is 24.3 Å². The van der Waals surface area contributed by atoms with E-state index in [1.54, 1.807) is 12.1 Å². The molecule has 1 rings (SSSR count). The van der Waals surface area contributed by atoms with Gasteiger partial charge in [-0.1, -0.05) is 6.07 Å². The van der Waals surface area contributed by atoms with Gasteiger partial charge in [0, 0.05) is 39.1 Å². The predicted molar refractivity (Wildman–Crippen MR) is 74.3 cm³/mol. The number of hydrogen-bond acceptors (Lipinski definition) is 4. The van der Waals surface area contributed by atoms with E-state index >= 15 is 0 Å². The zero-order valence-electron chi connectivity index (χ0n) is 11.4. The van der Waals surface area contributed by atoms with Crippen molar-refractivity contribution in [2.75, 3.05) is 44.6 Å². The lowest BCUT2D eigenvalue weighted by atomic mass is 10.2. The number of nitrogens with one attached hydrogen (secondary N) is 2. The molecule has 0 heterocycles. The van der Waals surface area contributed by atoms with Crippen LogP contribution >= 0.6 is 0 Å². The van der Waals surface area contributed by atoms with Crippen molar-refractivity contribution in [1.29, 1.82) is 0 Å². The molecule has 2 amide bonds. The summed E-state index contributed by atoms with van der Waals surface area (Å²) in [5.74, 6) is -1.36. The highest BCUT2D eigenvalue weighted by Crippen LogP contribution is 2.16. The van der Waals surface area contributed by atoms with Crippen LogP contribution in [0.4, 0.5) is 11.4 Å². The smallest absolute Gasteiger partial charge is 0.313 e. The molecule has 0 aliphatic carbocycles. The molecule has 0 aromatic heterocycles. The maximum atomic E-state index is 11.6. The van der Waals surface area contributed by atoms with E-state index in [9.17, 15) is 9.59 Å². The first-order valence-electron chi connectivity index (χ1n) is 5.90. The Morgan fingerprint density at radius 2 is 2.00 bits per heavy atom. The minimum absolute atomic E-state index is 0.306. The van der Waals surface area contributed by atoms with Crippen LogP contribution in [0.5, 0.6) is 0 Å². The molecule has 0 saturated heterocycles. The third-order valence-electron chi connectivity index (χ3n) is 2.42. The summed E-state index contributed by atoms with van der Waals surface area (Å²) in [6.45, 7) is 0.676. The number of nitrogens with zero attached hydrogens (tertiary/aromatic N) is 1. The number of ether oxygens (including phenoxy) is 1. The van der Waals surface area contributed by atoms with Crippen molar-refractivity contribution in [3.05, 3.63) is 24.3 Å². The second-order valence-corrected chi connectivity index (χ2v) is 4.15. The Hall–Kier alpha value is -2.08. The second-order valence-electron chi connectivity index (χ2n) is 4.15. The molecule has 1 aromatic rings. The van der Waals surface area contributed by atoms with Gasteiger partial charge in [-0.25, -0.2) is 0 Å². The number of hydrogen-bond donors (Lipinski definition) is 2. The van der Waals surface area contributed by atoms with Crippen molar-refractivity contribution < 1.29 is 14.3 Å². The number of benzene rings is 1. The van der Waals surface area contributed by atoms with Gasteiger partial charge in [0.1, 0.15) is 0 Å². The molecule has 2 N–H and O–H groups in total. The number of carbonyl (C=O) groups excluding carboxylic acids is 2. The molecule has 6 nitrogen and oxygen atoms in total. The van der Waals surface area contributed by atoms with Gasteiger partial charge in [0.05, 0.1) is 6.61 Å². The first-order chi connectivity index (χ1) is 9.04. The van der Waals surface area contributed by atoms with Gasteiger partial charge in [0.2, 0.25) is 0 Å². The molecule has 0 radical (unpaired) electrons. The molecule has 0 aliphatic rings. The van der Waals surface area contributed by atoms with Crippen LogP contribution in [0.1, 0.15) is 0 Å². The Morgan fingerprint density at radius 1 is 1.26 bits per heavy atom. The Bertz CT molecular complexity index is 447. The maximum Gasteiger partial charge on any atom is 0.313 e. The molecule has 104 valence electrons. The molecule has 1 aromatic carbocycles. The standard InChI is InChI=1S/C13H19N3O3/c1-16(2)11-6-4-5-10(9-11)15-13(18)12(17)14-7-8-19-3/h4-6,9H,7-8H2,1-3H3,(H,14,17)(H,15,18). The van der Waals surface area contributed by atoms with Crippen molar-refractivity contribution in [3.8, 4) is 0 Å². The Labute approximate surface area is 112 Å². The summed E-state index contributed by atoms with van der Waals surface area (Å²) in [6, 6.07) is 7.25. The topological polar surface area (TPSA) is 70.7 Å². The summed E-state index contributed by atoms with van der Waals surface area (Å²) in [5.41, 5.74) is 1.52. The average molecular weight is 265 g/mol. The quantitative estimate of drug-likeness (QED) is 0.599. The summed E-state index contributed by atoms with van der Waals surface area (Å²) in [5, 5.41) is 5.00. The highest BCUT2D eigenvalue weighted by atomic mass is 16.5. The zero-order valence-corrected chi connectivity index (χ0v) is 11.4. The van der Waals surface area contributed by atoms with Crippen molar-refractivity contribution in [1.82, 2.24) is 5.32 Å². The molecule has 0 fully saturated rings. The third-order valence-corrected chi connectivity index (χ3v) is 2.42. The van der Waals surface area contributed by atoms with Crippen molar-refractivity contribution in [2.45, 2.75) is 0 Å². The lowest BCUT2D eigenvalue weighted by Gasteiger charge is -2.13. The molecule has 0 saturated carbocycles. The van der Waals surface area contributed by atoms with Crippen LogP contribution in [0, 0.1) is 0 Å². The van der Waals surface area contributed by atoms with E-state index in [4.69, 9.17) is 4.74 Å². The normalized spacial score (nSPS) is 9.84. The summed E-state index contributed by atoms with van der Waals surface area (Å²) in [6.07, 6.45) is 0. The third kappa shape index (κ3) is 4.97. The van der Waals surface area contributed by atoms with Crippen LogP contribution < -0.4 is 15.5 Å². The summed E-state index contributed by atoms with van der Waals surface area (Å²) in [7, 11) is 5.33. The van der Waals surface area contributed by atoms with Gasteiger partial charge < -0.3 is 20.3 Å². The monoisotopic (exact) mass is 265 g/mol. The summed E-state index contributed by atoms with van der Waals surface area (Å²) < 4.78 is 4.78. The number of methoxy groups -OCH3 is 1. The fourth-order valence-corrected chi connectivity index (χ4v) is 1.40. The van der Waals surface area contributed by atoms with Crippen LogP contribution in [-0.4, -0.2) is 46.2 Å². The molecule has 0 atom stereocenters. The first kappa shape index (κ1) is 15.0. The van der Waals surface area contributed by atoms with Crippen molar-refractivity contribution in [3.63, 3.8) is 0 Å². The van der Waals surface area contributed by atoms with E-state index in [0.29, 0.717) is 18.8 Å². The van der Waals surface area contributed by atoms with E-state index in [2.05, 4.69) is 10.6 Å². The van der Waals surface area contributed by atoms with Crippen LogP contribution in [0.2, 0.25) is 0 Å². The Kier molecular flexibility index (Phi) is 5.81. The van der Waals surface area contributed by atoms with Gasteiger partial charge in [-0.2, -0.15) is 0 Å². The molecule has 6 heteroatoms. The number of anilines is 2. The van der Waals surface area contributed by atoms with Gasteiger partial charge in [-0.05, 0) is 18.2 Å². The number of carbonyl (C=O) groups is 2. The van der Waals surface area contributed by atoms with Gasteiger partial charge >= 0.3 is 11.8 Å². The lowest BCUT2D eigenvalue weighted by molar-refractivity contribution is -0.136. The molecule has 0 aliphatic heterocycles. The van der Waals surface area contributed by atoms with Gasteiger partial charge in [-0.15, -0.1) is 0 Å². The largest absolute Gasteiger partial charge is 0.383 e. The molecule has 0 spiro atoms. The van der Waals surface area contributed by atoms with E-state index in [1.165, 1.54) is 7.11 Å².